The zero-order chi connectivity index (χ0) is 17.0. The van der Waals surface area contributed by atoms with Gasteiger partial charge in [-0.1, -0.05) is 0 Å². The molecule has 0 aromatic carbocycles. The van der Waals surface area contributed by atoms with Gasteiger partial charge in [-0.05, 0) is 13.8 Å². The van der Waals surface area contributed by atoms with Gasteiger partial charge in [0.1, 0.15) is 0 Å². The van der Waals surface area contributed by atoms with Crippen LogP contribution in [0.4, 0.5) is 0 Å². The van der Waals surface area contributed by atoms with Gasteiger partial charge in [-0.15, -0.1) is 0 Å². The molecule has 0 aromatic rings. The zero-order valence-corrected chi connectivity index (χ0v) is 14.7. The first kappa shape index (κ1) is 23.3. The molecule has 2 atom stereocenters. The second-order valence-electron chi connectivity index (χ2n) is 3.82. The van der Waals surface area contributed by atoms with Crippen LogP contribution in [0.15, 0.2) is 0 Å². The molecule has 0 heterocycles. The summed E-state index contributed by atoms with van der Waals surface area (Å²) >= 11 is 0. The first-order chi connectivity index (χ1) is 9.41. The minimum atomic E-state index is -4.67. The number of ether oxygens (including phenoxy) is 1. The monoisotopic (exact) mass is 347 g/mol. The molecular formula is C10H12NaO10S+. The van der Waals surface area contributed by atoms with E-state index >= 15 is 0 Å². The van der Waals surface area contributed by atoms with E-state index in [0.717, 1.165) is 0 Å². The third-order valence-corrected chi connectivity index (χ3v) is 2.35. The number of Topliss-reactive ketones (excluding diaryl/α,β-unsaturated/α-hetero) is 4. The smallest absolute Gasteiger partial charge is 0.460 e. The van der Waals surface area contributed by atoms with E-state index in [0.29, 0.717) is 0 Å². The fourth-order valence-electron chi connectivity index (χ4n) is 1.43. The van der Waals surface area contributed by atoms with E-state index in [1.165, 1.54) is 13.8 Å². The summed E-state index contributed by atoms with van der Waals surface area (Å²) in [6, 6.07) is 0. The Morgan fingerprint density at radius 3 is 1.82 bits per heavy atom. The third kappa shape index (κ3) is 6.85. The molecule has 2 unspecified atom stereocenters. The van der Waals surface area contributed by atoms with Crippen molar-refractivity contribution in [3.05, 3.63) is 0 Å². The van der Waals surface area contributed by atoms with E-state index in [2.05, 4.69) is 4.74 Å². The van der Waals surface area contributed by atoms with Crippen molar-refractivity contribution < 1.29 is 75.8 Å². The van der Waals surface area contributed by atoms with Crippen LogP contribution in [0.25, 0.3) is 0 Å². The summed E-state index contributed by atoms with van der Waals surface area (Å²) < 4.78 is 36.0. The average molecular weight is 347 g/mol. The molecule has 0 saturated heterocycles. The Hall–Kier alpha value is -0.980. The van der Waals surface area contributed by atoms with Gasteiger partial charge in [0.2, 0.25) is 11.6 Å². The standard InChI is InChI=1S/C10H10O6.Na.H2O4S/c1-3-16-10(15)9(14)5-6(11)4(2)7(12)8(5)13;;1-5(2,3)4/h4-5H,3H2,1-2H3;;(H2,1,2,3,4)/q;+1;. The Bertz CT molecular complexity index is 585. The van der Waals surface area contributed by atoms with E-state index < -0.39 is 51.3 Å². The summed E-state index contributed by atoms with van der Waals surface area (Å²) in [6.45, 7) is 2.68. The van der Waals surface area contributed by atoms with Gasteiger partial charge in [0.15, 0.2) is 11.7 Å². The number of carbonyl (C=O) groups is 5. The summed E-state index contributed by atoms with van der Waals surface area (Å²) in [6.07, 6.45) is 0. The van der Waals surface area contributed by atoms with E-state index in [1.54, 1.807) is 0 Å². The normalized spacial score (nSPS) is 20.6. The van der Waals surface area contributed by atoms with Crippen LogP contribution in [0, 0.1) is 11.8 Å². The molecule has 2 N–H and O–H groups in total. The Labute approximate surface area is 147 Å². The number of ketones is 4. The summed E-state index contributed by atoms with van der Waals surface area (Å²) in [7, 11) is -4.67. The second kappa shape index (κ2) is 9.22. The Morgan fingerprint density at radius 1 is 1.14 bits per heavy atom. The van der Waals surface area contributed by atoms with Gasteiger partial charge in [0.05, 0.1) is 12.5 Å². The molecule has 10 nitrogen and oxygen atoms in total. The molecule has 0 aliphatic heterocycles. The quantitative estimate of drug-likeness (QED) is 0.167. The zero-order valence-electron chi connectivity index (χ0n) is 11.9. The molecule has 1 fully saturated rings. The van der Waals surface area contributed by atoms with Crippen LogP contribution in [-0.2, 0) is 39.1 Å². The SMILES string of the molecule is CCOC(=O)C(=O)C1C(=O)C(=O)C(C)C1=O.O=S(=O)(O)O.[Na+]. The maximum Gasteiger partial charge on any atom is 1.00 e. The summed E-state index contributed by atoms with van der Waals surface area (Å²) in [5.41, 5.74) is 0. The van der Waals surface area contributed by atoms with E-state index in [1.807, 2.05) is 0 Å². The van der Waals surface area contributed by atoms with Crippen molar-refractivity contribution in [3.63, 3.8) is 0 Å². The van der Waals surface area contributed by atoms with Crippen molar-refractivity contribution in [2.24, 2.45) is 11.8 Å². The van der Waals surface area contributed by atoms with Gasteiger partial charge in [-0.25, -0.2) is 4.79 Å². The van der Waals surface area contributed by atoms with Crippen LogP contribution in [0.3, 0.4) is 0 Å². The topological polar surface area (TPSA) is 169 Å². The van der Waals surface area contributed by atoms with E-state index in [9.17, 15) is 24.0 Å². The molecule has 1 aliphatic carbocycles. The number of esters is 1. The molecule has 0 bridgehead atoms. The molecule has 118 valence electrons. The van der Waals surface area contributed by atoms with Gasteiger partial charge in [0.25, 0.3) is 5.78 Å². The van der Waals surface area contributed by atoms with Crippen LogP contribution in [0.2, 0.25) is 0 Å². The van der Waals surface area contributed by atoms with Gasteiger partial charge in [0, 0.05) is 0 Å². The molecule has 0 radical (unpaired) electrons. The number of carbonyl (C=O) groups excluding carboxylic acids is 5. The number of rotatable bonds is 3. The minimum absolute atomic E-state index is 0. The molecule has 0 aromatic heterocycles. The summed E-state index contributed by atoms with van der Waals surface area (Å²) in [4.78, 5) is 56.2. The number of hydrogen-bond donors (Lipinski definition) is 2. The molecule has 0 amide bonds. The summed E-state index contributed by atoms with van der Waals surface area (Å²) in [5.74, 6) is -8.31. The Morgan fingerprint density at radius 2 is 1.55 bits per heavy atom. The first-order valence-electron chi connectivity index (χ1n) is 5.44. The predicted molar refractivity (Wildman–Crippen MR) is 63.5 cm³/mol. The largest absolute Gasteiger partial charge is 1.00 e. The van der Waals surface area contributed by atoms with E-state index in [-0.39, 0.29) is 36.2 Å². The Kier molecular flexibility index (Phi) is 9.76. The van der Waals surface area contributed by atoms with Crippen molar-refractivity contribution in [3.8, 4) is 0 Å². The molecule has 1 aliphatic rings. The van der Waals surface area contributed by atoms with Crippen LogP contribution in [0.5, 0.6) is 0 Å². The number of hydrogen-bond acceptors (Lipinski definition) is 8. The maximum absolute atomic E-state index is 11.4. The van der Waals surface area contributed by atoms with Crippen molar-refractivity contribution in [2.45, 2.75) is 13.8 Å². The fraction of sp³-hybridized carbons (Fsp3) is 0.500. The van der Waals surface area contributed by atoms with Gasteiger partial charge < -0.3 is 4.74 Å². The molecule has 12 heteroatoms. The molecule has 1 saturated carbocycles. The Balaban J connectivity index is 0. The second-order valence-corrected chi connectivity index (χ2v) is 4.71. The molecular weight excluding hydrogens is 335 g/mol. The van der Waals surface area contributed by atoms with E-state index in [4.69, 9.17) is 17.5 Å². The van der Waals surface area contributed by atoms with Crippen molar-refractivity contribution in [1.82, 2.24) is 0 Å². The first-order valence-corrected chi connectivity index (χ1v) is 6.84. The van der Waals surface area contributed by atoms with Crippen molar-refractivity contribution >= 4 is 39.5 Å². The predicted octanol–water partition coefficient (Wildman–Crippen LogP) is -4.56. The summed E-state index contributed by atoms with van der Waals surface area (Å²) in [5, 5.41) is 0. The van der Waals surface area contributed by atoms with Crippen LogP contribution in [-0.4, -0.2) is 53.2 Å². The average Bonchev–Trinajstić information content (AvgIpc) is 2.51. The van der Waals surface area contributed by atoms with Crippen LogP contribution >= 0.6 is 0 Å². The van der Waals surface area contributed by atoms with Crippen LogP contribution < -0.4 is 29.6 Å². The van der Waals surface area contributed by atoms with Crippen molar-refractivity contribution in [2.75, 3.05) is 6.61 Å². The maximum atomic E-state index is 11.4. The van der Waals surface area contributed by atoms with Crippen molar-refractivity contribution in [1.29, 1.82) is 0 Å². The van der Waals surface area contributed by atoms with Crippen LogP contribution in [0.1, 0.15) is 13.8 Å². The molecule has 1 rings (SSSR count). The molecule has 0 spiro atoms. The van der Waals surface area contributed by atoms with Gasteiger partial charge >= 0.3 is 45.9 Å². The third-order valence-electron chi connectivity index (χ3n) is 2.35. The fourth-order valence-corrected chi connectivity index (χ4v) is 1.43. The molecule has 22 heavy (non-hydrogen) atoms. The van der Waals surface area contributed by atoms with Gasteiger partial charge in [-0.2, -0.15) is 8.42 Å². The minimum Gasteiger partial charge on any atom is -0.460 e. The van der Waals surface area contributed by atoms with Gasteiger partial charge in [-0.3, -0.25) is 28.3 Å².